The van der Waals surface area contributed by atoms with Crippen molar-refractivity contribution < 1.29 is 33.7 Å². The third-order valence-corrected chi connectivity index (χ3v) is 5.18. The fourth-order valence-electron chi connectivity index (χ4n) is 3.20. The Balaban J connectivity index is 2.50. The molecule has 11 heteroatoms. The molecule has 0 fully saturated rings. The minimum absolute atomic E-state index is 0.0296. The van der Waals surface area contributed by atoms with E-state index < -0.39 is 12.1 Å². The normalized spacial score (nSPS) is 11.7. The molecule has 11 nitrogen and oxygen atoms in total. The fourth-order valence-corrected chi connectivity index (χ4v) is 3.20. The number of nitrogens with one attached hydrogen (secondary N) is 1. The molecule has 1 amide bonds. The van der Waals surface area contributed by atoms with Gasteiger partial charge in [0.25, 0.3) is 0 Å². The smallest absolute Gasteiger partial charge is 0.481 e. The molecule has 0 heterocycles. The molecule has 0 aliphatic carbocycles. The van der Waals surface area contributed by atoms with Crippen LogP contribution in [-0.2, 0) is 19.1 Å². The molecule has 0 saturated heterocycles. The monoisotopic (exact) mass is 520 g/mol. The van der Waals surface area contributed by atoms with Crippen molar-refractivity contribution in [3.05, 3.63) is 29.8 Å². The number of carbonyl (C=O) groups is 3. The molecule has 0 aromatic heterocycles. The summed E-state index contributed by atoms with van der Waals surface area (Å²) in [5.41, 5.74) is 0.705. The summed E-state index contributed by atoms with van der Waals surface area (Å²) in [5, 5.41) is 11.3. The minimum Gasteiger partial charge on any atom is -0.481 e. The lowest BCUT2D eigenvalue weighted by atomic mass is 10.2. The van der Waals surface area contributed by atoms with Crippen LogP contribution in [0.25, 0.3) is 0 Å². The number of nitrogens with zero attached hydrogens (tertiary/aromatic N) is 3. The summed E-state index contributed by atoms with van der Waals surface area (Å²) in [7, 11) is 3.62. The molecule has 0 atom stereocenters. The van der Waals surface area contributed by atoms with E-state index in [9.17, 15) is 14.4 Å². The van der Waals surface area contributed by atoms with Crippen LogP contribution in [0.4, 0.5) is 4.79 Å². The zero-order valence-corrected chi connectivity index (χ0v) is 22.3. The van der Waals surface area contributed by atoms with Crippen molar-refractivity contribution in [2.75, 3.05) is 47.0 Å². The van der Waals surface area contributed by atoms with Crippen molar-refractivity contribution in [1.29, 1.82) is 0 Å². The lowest BCUT2D eigenvalue weighted by Crippen LogP contribution is -2.30. The van der Waals surface area contributed by atoms with Crippen molar-refractivity contribution in [1.82, 2.24) is 10.2 Å². The van der Waals surface area contributed by atoms with E-state index in [0.717, 1.165) is 12.3 Å². The predicted molar refractivity (Wildman–Crippen MR) is 141 cm³/mol. The first-order chi connectivity index (χ1) is 17.8. The molecule has 0 aliphatic rings. The zero-order valence-electron chi connectivity index (χ0n) is 22.3. The lowest BCUT2D eigenvalue weighted by molar-refractivity contribution is -0.137. The Morgan fingerprint density at radius 3 is 2.54 bits per heavy atom. The molecule has 0 aliphatic heterocycles. The maximum absolute atomic E-state index is 12.1. The average Bonchev–Trinajstić information content (AvgIpc) is 2.86. The topological polar surface area (TPSA) is 139 Å². The van der Waals surface area contributed by atoms with Gasteiger partial charge in [-0.2, -0.15) is 0 Å². The molecular weight excluding hydrogens is 480 g/mol. The molecule has 0 unspecified atom stereocenters. The third kappa shape index (κ3) is 14.0. The number of amides is 1. The largest absolute Gasteiger partial charge is 0.513 e. The van der Waals surface area contributed by atoms with Crippen molar-refractivity contribution in [2.24, 2.45) is 9.98 Å². The molecule has 0 radical (unpaired) electrons. The van der Waals surface area contributed by atoms with Gasteiger partial charge in [0, 0.05) is 58.6 Å². The highest BCUT2D eigenvalue weighted by Gasteiger charge is 2.11. The van der Waals surface area contributed by atoms with Gasteiger partial charge in [0.1, 0.15) is 11.6 Å². The van der Waals surface area contributed by atoms with Crippen molar-refractivity contribution >= 4 is 29.7 Å². The Morgan fingerprint density at radius 2 is 1.86 bits per heavy atom. The van der Waals surface area contributed by atoms with Crippen molar-refractivity contribution in [3.8, 4) is 5.75 Å². The highest BCUT2D eigenvalue weighted by Crippen LogP contribution is 2.16. The van der Waals surface area contributed by atoms with Crippen LogP contribution in [-0.4, -0.2) is 86.7 Å². The number of rotatable bonds is 16. The molecule has 1 aromatic rings. The van der Waals surface area contributed by atoms with E-state index >= 15 is 0 Å². The van der Waals surface area contributed by atoms with Crippen molar-refractivity contribution in [2.45, 2.75) is 52.4 Å². The number of carboxylic acids is 1. The van der Waals surface area contributed by atoms with Crippen LogP contribution in [0.5, 0.6) is 5.75 Å². The maximum atomic E-state index is 12.1. The van der Waals surface area contributed by atoms with Crippen LogP contribution in [0.1, 0.15) is 57.9 Å². The first-order valence-electron chi connectivity index (χ1n) is 12.6. The number of likely N-dealkylation sites (N-methyl/N-ethyl adjacent to an activating group) is 1. The van der Waals surface area contributed by atoms with Gasteiger partial charge in [-0.3, -0.25) is 14.6 Å². The number of aliphatic imine (C=N–C) groups is 2. The summed E-state index contributed by atoms with van der Waals surface area (Å²) in [6, 6.07) is 6.92. The molecule has 1 aromatic carbocycles. The Bertz CT molecular complexity index is 918. The second kappa shape index (κ2) is 18.8. The Kier molecular flexibility index (Phi) is 16.0. The maximum Gasteiger partial charge on any atom is 0.513 e. The predicted octanol–water partition coefficient (Wildman–Crippen LogP) is 3.51. The van der Waals surface area contributed by atoms with Crippen molar-refractivity contribution in [3.63, 3.8) is 0 Å². The SMILES string of the molecule is CCOCCN(C)C(CC)=NC(=NC)c1cccc(OC(=O)OCCCCNC(=O)CCCC(=O)O)c1. The first-order valence-corrected chi connectivity index (χ1v) is 12.6. The van der Waals surface area contributed by atoms with Crippen LogP contribution in [0, 0.1) is 0 Å². The van der Waals surface area contributed by atoms with Crippen LogP contribution in [0.15, 0.2) is 34.3 Å². The number of benzene rings is 1. The summed E-state index contributed by atoms with van der Waals surface area (Å²) in [6.07, 6.45) is 1.51. The zero-order chi connectivity index (χ0) is 27.5. The number of hydrogen-bond donors (Lipinski definition) is 2. The highest BCUT2D eigenvalue weighted by atomic mass is 16.7. The van der Waals surface area contributed by atoms with E-state index in [1.54, 1.807) is 25.2 Å². The number of ether oxygens (including phenoxy) is 3. The Morgan fingerprint density at radius 1 is 1.08 bits per heavy atom. The number of amidine groups is 2. The second-order valence-electron chi connectivity index (χ2n) is 8.08. The van der Waals surface area contributed by atoms with Crippen LogP contribution < -0.4 is 10.1 Å². The van der Waals surface area contributed by atoms with Gasteiger partial charge in [0.2, 0.25) is 5.91 Å². The van der Waals surface area contributed by atoms with E-state index in [1.807, 2.05) is 31.9 Å². The summed E-state index contributed by atoms with van der Waals surface area (Å²) < 4.78 is 15.8. The van der Waals surface area contributed by atoms with E-state index in [4.69, 9.17) is 24.3 Å². The molecule has 1 rings (SSSR count). The summed E-state index contributed by atoms with van der Waals surface area (Å²) in [4.78, 5) is 45.2. The van der Waals surface area contributed by atoms with Gasteiger partial charge < -0.3 is 29.5 Å². The Hall–Kier alpha value is -3.47. The van der Waals surface area contributed by atoms with E-state index in [2.05, 4.69) is 10.3 Å². The van der Waals surface area contributed by atoms with Gasteiger partial charge in [0.15, 0.2) is 5.84 Å². The number of unbranched alkanes of at least 4 members (excludes halogenated alkanes) is 1. The average molecular weight is 521 g/mol. The molecular formula is C26H40N4O7. The molecule has 2 N–H and O–H groups in total. The van der Waals surface area contributed by atoms with Gasteiger partial charge in [-0.15, -0.1) is 0 Å². The van der Waals surface area contributed by atoms with Gasteiger partial charge in [-0.05, 0) is 38.3 Å². The van der Waals surface area contributed by atoms with E-state index in [0.29, 0.717) is 62.7 Å². The van der Waals surface area contributed by atoms with E-state index in [-0.39, 0.29) is 25.4 Å². The van der Waals surface area contributed by atoms with E-state index in [1.165, 1.54) is 0 Å². The lowest BCUT2D eigenvalue weighted by Gasteiger charge is -2.20. The second-order valence-corrected chi connectivity index (χ2v) is 8.08. The molecule has 206 valence electrons. The standard InChI is InChI=1S/C26H40N4O7/c1-5-22(30(4)16-18-35-6-2)29-25(27-3)20-11-9-12-21(19-20)37-26(34)36-17-8-7-15-28-23(31)13-10-14-24(32)33/h9,11-12,19H,5-8,10,13-18H2,1-4H3,(H,28,31)(H,32,33). The van der Waals surface area contributed by atoms with Gasteiger partial charge in [-0.25, -0.2) is 9.79 Å². The molecule has 0 spiro atoms. The number of carbonyl (C=O) groups excluding carboxylic acids is 2. The molecule has 0 saturated carbocycles. The van der Waals surface area contributed by atoms with Crippen LogP contribution in [0.2, 0.25) is 0 Å². The first kappa shape index (κ1) is 31.6. The summed E-state index contributed by atoms with van der Waals surface area (Å²) in [6.45, 7) is 6.54. The van der Waals surface area contributed by atoms with Crippen LogP contribution >= 0.6 is 0 Å². The van der Waals surface area contributed by atoms with Crippen LogP contribution in [0.3, 0.4) is 0 Å². The molecule has 37 heavy (non-hydrogen) atoms. The Labute approximate surface area is 218 Å². The highest BCUT2D eigenvalue weighted by molar-refractivity contribution is 6.06. The summed E-state index contributed by atoms with van der Waals surface area (Å²) in [5.74, 6) is 0.587. The summed E-state index contributed by atoms with van der Waals surface area (Å²) >= 11 is 0. The van der Waals surface area contributed by atoms with Gasteiger partial charge in [0.05, 0.1) is 13.2 Å². The minimum atomic E-state index is -0.918. The number of carboxylic acid groups (broad SMARTS) is 1. The number of hydrogen-bond acceptors (Lipinski definition) is 7. The van der Waals surface area contributed by atoms with Gasteiger partial charge >= 0.3 is 12.1 Å². The fraction of sp³-hybridized carbons (Fsp3) is 0.577. The molecule has 0 bridgehead atoms. The quantitative estimate of drug-likeness (QED) is 0.111. The van der Waals surface area contributed by atoms with Gasteiger partial charge in [-0.1, -0.05) is 19.1 Å². The third-order valence-electron chi connectivity index (χ3n) is 5.18. The number of aliphatic carboxylic acids is 1.